The van der Waals surface area contributed by atoms with Crippen molar-refractivity contribution in [3.8, 4) is 0 Å². The zero-order valence-electron chi connectivity index (χ0n) is 10.3. The van der Waals surface area contributed by atoms with Gasteiger partial charge in [0.1, 0.15) is 5.82 Å². The van der Waals surface area contributed by atoms with Gasteiger partial charge in [0, 0.05) is 31.9 Å². The van der Waals surface area contributed by atoms with Gasteiger partial charge >= 0.3 is 0 Å². The van der Waals surface area contributed by atoms with Gasteiger partial charge in [0.2, 0.25) is 0 Å². The summed E-state index contributed by atoms with van der Waals surface area (Å²) in [5.74, 6) is 1.61. The first kappa shape index (κ1) is 12.3. The summed E-state index contributed by atoms with van der Waals surface area (Å²) in [5, 5.41) is 8.95. The topological polar surface area (TPSA) is 62.4 Å². The lowest BCUT2D eigenvalue weighted by Crippen LogP contribution is -2.21. The fourth-order valence-corrected chi connectivity index (χ4v) is 2.35. The summed E-state index contributed by atoms with van der Waals surface area (Å²) in [5.41, 5.74) is 7.00. The molecule has 2 heterocycles. The van der Waals surface area contributed by atoms with E-state index in [1.165, 1.54) is 0 Å². The van der Waals surface area contributed by atoms with Crippen LogP contribution in [0.2, 0.25) is 0 Å². The Balaban J connectivity index is 2.05. The third-order valence-corrected chi connectivity index (χ3v) is 3.44. The van der Waals surface area contributed by atoms with Crippen molar-refractivity contribution in [1.29, 1.82) is 0 Å². The zero-order chi connectivity index (χ0) is 12.3. The Labute approximate surface area is 102 Å². The van der Waals surface area contributed by atoms with E-state index in [1.807, 2.05) is 19.2 Å². The summed E-state index contributed by atoms with van der Waals surface area (Å²) < 4.78 is 0. The summed E-state index contributed by atoms with van der Waals surface area (Å²) in [7, 11) is 0. The molecule has 2 rings (SSSR count). The molecular weight excluding hydrogens is 214 g/mol. The summed E-state index contributed by atoms with van der Waals surface area (Å²) in [6.45, 7) is 4.29. The molecule has 1 fully saturated rings. The van der Waals surface area contributed by atoms with Crippen LogP contribution in [0, 0.1) is 5.92 Å². The minimum absolute atomic E-state index is 0.0487. The van der Waals surface area contributed by atoms with Crippen LogP contribution < -0.4 is 10.6 Å². The average molecular weight is 235 g/mol. The van der Waals surface area contributed by atoms with E-state index < -0.39 is 0 Å². The van der Waals surface area contributed by atoms with Crippen LogP contribution >= 0.6 is 0 Å². The maximum Gasteiger partial charge on any atom is 0.128 e. The molecule has 1 aromatic rings. The molecule has 1 unspecified atom stereocenters. The second-order valence-electron chi connectivity index (χ2n) is 4.85. The molecule has 1 saturated heterocycles. The summed E-state index contributed by atoms with van der Waals surface area (Å²) in [4.78, 5) is 6.69. The Bertz CT molecular complexity index is 367. The van der Waals surface area contributed by atoms with Crippen LogP contribution in [0.5, 0.6) is 0 Å². The highest BCUT2D eigenvalue weighted by molar-refractivity contribution is 5.42. The number of hydrogen-bond acceptors (Lipinski definition) is 4. The number of aliphatic hydroxyl groups excluding tert-OH is 1. The predicted octanol–water partition coefficient (Wildman–Crippen LogP) is 1.31. The highest BCUT2D eigenvalue weighted by Crippen LogP contribution is 2.25. The van der Waals surface area contributed by atoms with Gasteiger partial charge in [0.25, 0.3) is 0 Å². The largest absolute Gasteiger partial charge is 0.396 e. The maximum absolute atomic E-state index is 8.95. The quantitative estimate of drug-likeness (QED) is 0.826. The Morgan fingerprint density at radius 1 is 1.65 bits per heavy atom. The van der Waals surface area contributed by atoms with Gasteiger partial charge in [-0.1, -0.05) is 0 Å². The molecule has 3 N–H and O–H groups in total. The summed E-state index contributed by atoms with van der Waals surface area (Å²) in [6.07, 6.45) is 3.86. The van der Waals surface area contributed by atoms with Crippen molar-refractivity contribution in [2.24, 2.45) is 11.7 Å². The number of aliphatic hydroxyl groups is 1. The van der Waals surface area contributed by atoms with Gasteiger partial charge < -0.3 is 15.7 Å². The van der Waals surface area contributed by atoms with E-state index >= 15 is 0 Å². The SMILES string of the molecule is C[C@H](N)c1ccnc(N2CCC(CCO)C2)c1. The highest BCUT2D eigenvalue weighted by Gasteiger charge is 2.23. The molecule has 0 spiro atoms. The van der Waals surface area contributed by atoms with Gasteiger partial charge in [-0.05, 0) is 43.4 Å². The van der Waals surface area contributed by atoms with Crippen molar-refractivity contribution in [3.05, 3.63) is 23.9 Å². The maximum atomic E-state index is 8.95. The standard InChI is InChI=1S/C13H21N3O/c1-10(14)12-2-5-15-13(8-12)16-6-3-11(9-16)4-7-17/h2,5,8,10-11,17H,3-4,6-7,9,14H2,1H3/t10-,11?/m0/s1. The second-order valence-corrected chi connectivity index (χ2v) is 4.85. The molecule has 4 heteroatoms. The molecule has 2 atom stereocenters. The van der Waals surface area contributed by atoms with Crippen LogP contribution in [0.4, 0.5) is 5.82 Å². The number of nitrogens with zero attached hydrogens (tertiary/aromatic N) is 2. The Morgan fingerprint density at radius 2 is 2.47 bits per heavy atom. The summed E-state index contributed by atoms with van der Waals surface area (Å²) >= 11 is 0. The van der Waals surface area contributed by atoms with Crippen molar-refractivity contribution in [2.45, 2.75) is 25.8 Å². The molecule has 94 valence electrons. The highest BCUT2D eigenvalue weighted by atomic mass is 16.3. The van der Waals surface area contributed by atoms with Crippen LogP contribution in [-0.4, -0.2) is 29.8 Å². The van der Waals surface area contributed by atoms with Crippen LogP contribution in [-0.2, 0) is 0 Å². The Kier molecular flexibility index (Phi) is 3.97. The molecule has 0 radical (unpaired) electrons. The van der Waals surface area contributed by atoms with Gasteiger partial charge in [-0.2, -0.15) is 0 Å². The molecule has 0 amide bonds. The lowest BCUT2D eigenvalue weighted by atomic mass is 10.1. The molecule has 0 bridgehead atoms. The van der Waals surface area contributed by atoms with Crippen LogP contribution in [0.3, 0.4) is 0 Å². The monoisotopic (exact) mass is 235 g/mol. The number of rotatable bonds is 4. The fourth-order valence-electron chi connectivity index (χ4n) is 2.35. The third kappa shape index (κ3) is 2.96. The van der Waals surface area contributed by atoms with E-state index in [2.05, 4.69) is 16.0 Å². The van der Waals surface area contributed by atoms with Gasteiger partial charge in [-0.25, -0.2) is 4.98 Å². The number of aromatic nitrogens is 1. The van der Waals surface area contributed by atoms with E-state index in [1.54, 1.807) is 0 Å². The Morgan fingerprint density at radius 3 is 3.18 bits per heavy atom. The molecule has 0 aromatic carbocycles. The van der Waals surface area contributed by atoms with Crippen molar-refractivity contribution in [2.75, 3.05) is 24.6 Å². The van der Waals surface area contributed by atoms with E-state index in [4.69, 9.17) is 10.8 Å². The summed E-state index contributed by atoms with van der Waals surface area (Å²) in [6, 6.07) is 4.09. The van der Waals surface area contributed by atoms with Crippen LogP contribution in [0.25, 0.3) is 0 Å². The molecule has 17 heavy (non-hydrogen) atoms. The molecular formula is C13H21N3O. The molecule has 1 aliphatic heterocycles. The Hall–Kier alpha value is -1.13. The number of hydrogen-bond donors (Lipinski definition) is 2. The first-order chi connectivity index (χ1) is 8.20. The van der Waals surface area contributed by atoms with E-state index in [-0.39, 0.29) is 12.6 Å². The minimum Gasteiger partial charge on any atom is -0.396 e. The van der Waals surface area contributed by atoms with Crippen molar-refractivity contribution in [3.63, 3.8) is 0 Å². The van der Waals surface area contributed by atoms with Crippen molar-refractivity contribution in [1.82, 2.24) is 4.98 Å². The van der Waals surface area contributed by atoms with Crippen molar-refractivity contribution < 1.29 is 5.11 Å². The molecule has 1 aromatic heterocycles. The minimum atomic E-state index is 0.0487. The normalized spacial score (nSPS) is 21.8. The number of anilines is 1. The van der Waals surface area contributed by atoms with Gasteiger partial charge in [0.05, 0.1) is 0 Å². The lowest BCUT2D eigenvalue weighted by Gasteiger charge is -2.18. The number of nitrogens with two attached hydrogens (primary N) is 1. The lowest BCUT2D eigenvalue weighted by molar-refractivity contribution is 0.263. The van der Waals surface area contributed by atoms with Gasteiger partial charge in [-0.3, -0.25) is 0 Å². The smallest absolute Gasteiger partial charge is 0.128 e. The first-order valence-electron chi connectivity index (χ1n) is 6.28. The zero-order valence-corrected chi connectivity index (χ0v) is 10.3. The second kappa shape index (κ2) is 5.47. The van der Waals surface area contributed by atoms with E-state index in [0.717, 1.165) is 37.3 Å². The first-order valence-corrected chi connectivity index (χ1v) is 6.28. The van der Waals surface area contributed by atoms with Gasteiger partial charge in [0.15, 0.2) is 0 Å². The average Bonchev–Trinajstić information content (AvgIpc) is 2.78. The number of pyridine rings is 1. The third-order valence-electron chi connectivity index (χ3n) is 3.44. The van der Waals surface area contributed by atoms with Crippen LogP contribution in [0.1, 0.15) is 31.4 Å². The van der Waals surface area contributed by atoms with E-state index in [9.17, 15) is 0 Å². The van der Waals surface area contributed by atoms with E-state index in [0.29, 0.717) is 5.92 Å². The molecule has 4 nitrogen and oxygen atoms in total. The molecule has 0 saturated carbocycles. The van der Waals surface area contributed by atoms with Crippen molar-refractivity contribution >= 4 is 5.82 Å². The molecule has 1 aliphatic rings. The predicted molar refractivity (Wildman–Crippen MR) is 68.9 cm³/mol. The fraction of sp³-hybridized carbons (Fsp3) is 0.615. The van der Waals surface area contributed by atoms with Gasteiger partial charge in [-0.15, -0.1) is 0 Å². The molecule has 0 aliphatic carbocycles. The van der Waals surface area contributed by atoms with Crippen LogP contribution in [0.15, 0.2) is 18.3 Å².